The van der Waals surface area contributed by atoms with Crippen LogP contribution in [0.25, 0.3) is 10.2 Å². The lowest BCUT2D eigenvalue weighted by atomic mass is 10.2. The molecule has 0 fully saturated rings. The maximum atomic E-state index is 13.3. The summed E-state index contributed by atoms with van der Waals surface area (Å²) >= 11 is 15.5. The number of aryl methyl sites for hydroxylation is 1. The number of fused-ring (bicyclic) bond motifs is 1. The Morgan fingerprint density at radius 3 is 2.53 bits per heavy atom. The first-order valence-electron chi connectivity index (χ1n) is 10.1. The molecule has 0 N–H and O–H groups in total. The average Bonchev–Trinajstić information content (AvgIpc) is 3.26. The molecule has 8 heteroatoms. The summed E-state index contributed by atoms with van der Waals surface area (Å²) in [7, 11) is 0. The molecule has 1 amide bonds. The van der Waals surface area contributed by atoms with Crippen molar-refractivity contribution in [2.24, 2.45) is 0 Å². The lowest BCUT2D eigenvalue weighted by molar-refractivity contribution is -0.118. The highest BCUT2D eigenvalue weighted by Crippen LogP contribution is 2.36. The number of anilines is 1. The van der Waals surface area contributed by atoms with E-state index in [9.17, 15) is 4.79 Å². The number of halogens is 2. The number of benzene rings is 2. The van der Waals surface area contributed by atoms with Crippen LogP contribution in [0.15, 0.2) is 65.8 Å². The zero-order valence-electron chi connectivity index (χ0n) is 17.4. The van der Waals surface area contributed by atoms with E-state index in [2.05, 4.69) is 4.98 Å². The quantitative estimate of drug-likeness (QED) is 0.186. The van der Waals surface area contributed by atoms with Crippen LogP contribution in [0.4, 0.5) is 5.13 Å². The summed E-state index contributed by atoms with van der Waals surface area (Å²) in [4.78, 5) is 25.0. The van der Waals surface area contributed by atoms with Crippen molar-refractivity contribution >= 4 is 67.6 Å². The van der Waals surface area contributed by atoms with Crippen molar-refractivity contribution < 1.29 is 4.79 Å². The third-order valence-corrected chi connectivity index (χ3v) is 7.81. The summed E-state index contributed by atoms with van der Waals surface area (Å²) < 4.78 is 0.910. The molecule has 0 bridgehead atoms. The molecule has 0 aliphatic carbocycles. The summed E-state index contributed by atoms with van der Waals surface area (Å²) in [6.07, 6.45) is 4.68. The Morgan fingerprint density at radius 1 is 1.06 bits per heavy atom. The first-order chi connectivity index (χ1) is 15.5. The number of rotatable bonds is 8. The van der Waals surface area contributed by atoms with Gasteiger partial charge in [0, 0.05) is 28.7 Å². The Morgan fingerprint density at radius 2 is 1.81 bits per heavy atom. The second-order valence-corrected chi connectivity index (χ2v) is 10.3. The first kappa shape index (κ1) is 23.1. The number of hydrogen-bond acceptors (Lipinski definition) is 5. The van der Waals surface area contributed by atoms with Crippen molar-refractivity contribution in [2.45, 2.75) is 31.2 Å². The van der Waals surface area contributed by atoms with Crippen molar-refractivity contribution in [1.29, 1.82) is 0 Å². The van der Waals surface area contributed by atoms with Gasteiger partial charge in [0.05, 0.1) is 21.8 Å². The highest BCUT2D eigenvalue weighted by molar-refractivity contribution is 7.99. The topological polar surface area (TPSA) is 46.1 Å². The van der Waals surface area contributed by atoms with E-state index in [-0.39, 0.29) is 5.91 Å². The van der Waals surface area contributed by atoms with Gasteiger partial charge in [0.1, 0.15) is 0 Å². The third kappa shape index (κ3) is 5.62. The van der Waals surface area contributed by atoms with E-state index < -0.39 is 0 Å². The number of thiazole rings is 1. The molecule has 0 saturated carbocycles. The number of amides is 1. The molecule has 4 aromatic rings. The Labute approximate surface area is 205 Å². The Kier molecular flexibility index (Phi) is 7.68. The van der Waals surface area contributed by atoms with Crippen molar-refractivity contribution in [3.8, 4) is 0 Å². The van der Waals surface area contributed by atoms with E-state index in [0.717, 1.165) is 43.4 Å². The molecule has 2 aromatic carbocycles. The second kappa shape index (κ2) is 10.7. The molecule has 4 nitrogen and oxygen atoms in total. The van der Waals surface area contributed by atoms with E-state index >= 15 is 0 Å². The smallest absolute Gasteiger partial charge is 0.229 e. The molecule has 0 spiro atoms. The van der Waals surface area contributed by atoms with Crippen LogP contribution in [0.2, 0.25) is 10.0 Å². The Hall–Kier alpha value is -2.12. The first-order valence-corrected chi connectivity index (χ1v) is 12.7. The van der Waals surface area contributed by atoms with Crippen LogP contribution in [0.3, 0.4) is 0 Å². The van der Waals surface area contributed by atoms with Gasteiger partial charge in [-0.15, -0.1) is 11.8 Å². The lowest BCUT2D eigenvalue weighted by Crippen LogP contribution is -2.30. The maximum Gasteiger partial charge on any atom is 0.229 e. The van der Waals surface area contributed by atoms with Gasteiger partial charge in [-0.05, 0) is 72.7 Å². The normalized spacial score (nSPS) is 11.1. The molecule has 32 heavy (non-hydrogen) atoms. The van der Waals surface area contributed by atoms with Gasteiger partial charge in [-0.1, -0.05) is 40.6 Å². The number of aromatic nitrogens is 2. The molecule has 2 heterocycles. The minimum absolute atomic E-state index is 0.0475. The van der Waals surface area contributed by atoms with Crippen LogP contribution in [0.1, 0.15) is 24.0 Å². The molecular weight excluding hydrogens is 481 g/mol. The van der Waals surface area contributed by atoms with E-state index in [4.69, 9.17) is 28.2 Å². The molecule has 4 rings (SSSR count). The SMILES string of the molecule is Cc1ccc(Cl)c2sc(N(Cc3ccncc3)C(=O)CCCSc3ccc(Cl)cc3)nc12. The van der Waals surface area contributed by atoms with Crippen LogP contribution in [-0.4, -0.2) is 21.6 Å². The second-order valence-electron chi connectivity index (χ2n) is 7.28. The average molecular weight is 502 g/mol. The van der Waals surface area contributed by atoms with Gasteiger partial charge < -0.3 is 0 Å². The predicted octanol–water partition coefficient (Wildman–Crippen LogP) is 7.41. The van der Waals surface area contributed by atoms with Crippen LogP contribution >= 0.6 is 46.3 Å². The fourth-order valence-corrected chi connectivity index (χ4v) is 5.53. The number of thioether (sulfide) groups is 1. The van der Waals surface area contributed by atoms with E-state index in [1.807, 2.05) is 55.5 Å². The summed E-state index contributed by atoms with van der Waals surface area (Å²) in [5, 5.41) is 2.05. The lowest BCUT2D eigenvalue weighted by Gasteiger charge is -2.20. The van der Waals surface area contributed by atoms with Crippen LogP contribution < -0.4 is 4.90 Å². The minimum Gasteiger partial charge on any atom is -0.284 e. The standard InChI is InChI=1S/C24H21Cl2N3OS2/c1-16-4-9-20(26)23-22(16)28-24(32-23)29(15-17-10-12-27-13-11-17)21(30)3-2-14-31-19-7-5-18(25)6-8-19/h4-13H,2-3,14-15H2,1H3. The molecule has 0 unspecified atom stereocenters. The number of carbonyl (C=O) groups excluding carboxylic acids is 1. The van der Waals surface area contributed by atoms with Gasteiger partial charge >= 0.3 is 0 Å². The number of hydrogen-bond donors (Lipinski definition) is 0. The van der Waals surface area contributed by atoms with Crippen LogP contribution in [0, 0.1) is 6.92 Å². The summed E-state index contributed by atoms with van der Waals surface area (Å²) in [5.74, 6) is 0.896. The third-order valence-electron chi connectivity index (χ3n) is 4.93. The minimum atomic E-state index is 0.0475. The van der Waals surface area contributed by atoms with Gasteiger partial charge in [0.15, 0.2) is 5.13 Å². The number of pyridine rings is 1. The van der Waals surface area contributed by atoms with Crippen molar-refractivity contribution in [3.05, 3.63) is 82.1 Å². The maximum absolute atomic E-state index is 13.3. The molecule has 0 saturated heterocycles. The Bertz CT molecular complexity index is 1170. The summed E-state index contributed by atoms with van der Waals surface area (Å²) in [6.45, 7) is 2.45. The highest BCUT2D eigenvalue weighted by Gasteiger charge is 2.21. The van der Waals surface area contributed by atoms with Crippen molar-refractivity contribution in [2.75, 3.05) is 10.7 Å². The van der Waals surface area contributed by atoms with Gasteiger partial charge in [0.2, 0.25) is 5.91 Å². The fourth-order valence-electron chi connectivity index (χ4n) is 3.22. The molecule has 2 aromatic heterocycles. The van der Waals surface area contributed by atoms with Gasteiger partial charge in [-0.3, -0.25) is 14.7 Å². The number of nitrogens with zero attached hydrogens (tertiary/aromatic N) is 3. The van der Waals surface area contributed by atoms with Gasteiger partial charge in [-0.2, -0.15) is 0 Å². The molecule has 0 radical (unpaired) electrons. The van der Waals surface area contributed by atoms with E-state index in [1.165, 1.54) is 11.3 Å². The highest BCUT2D eigenvalue weighted by atomic mass is 35.5. The van der Waals surface area contributed by atoms with Gasteiger partial charge in [-0.25, -0.2) is 4.98 Å². The van der Waals surface area contributed by atoms with Crippen molar-refractivity contribution in [3.63, 3.8) is 0 Å². The molecule has 164 valence electrons. The largest absolute Gasteiger partial charge is 0.284 e. The molecule has 0 atom stereocenters. The molecule has 0 aliphatic heterocycles. The van der Waals surface area contributed by atoms with E-state index in [1.54, 1.807) is 29.1 Å². The van der Waals surface area contributed by atoms with Gasteiger partial charge in [0.25, 0.3) is 0 Å². The zero-order chi connectivity index (χ0) is 22.5. The fraction of sp³-hybridized carbons (Fsp3) is 0.208. The Balaban J connectivity index is 1.50. The molecular formula is C24H21Cl2N3OS2. The summed E-state index contributed by atoms with van der Waals surface area (Å²) in [6, 6.07) is 15.4. The van der Waals surface area contributed by atoms with Crippen molar-refractivity contribution in [1.82, 2.24) is 9.97 Å². The molecule has 0 aliphatic rings. The zero-order valence-corrected chi connectivity index (χ0v) is 20.6. The predicted molar refractivity (Wildman–Crippen MR) is 136 cm³/mol. The van der Waals surface area contributed by atoms with E-state index in [0.29, 0.717) is 23.1 Å². The summed E-state index contributed by atoms with van der Waals surface area (Å²) in [5.41, 5.74) is 2.90. The monoisotopic (exact) mass is 501 g/mol. The number of carbonyl (C=O) groups is 1. The van der Waals surface area contributed by atoms with Crippen LogP contribution in [-0.2, 0) is 11.3 Å². The van der Waals surface area contributed by atoms with Crippen LogP contribution in [0.5, 0.6) is 0 Å².